The monoisotopic (exact) mass is 209 g/mol. The van der Waals surface area contributed by atoms with Gasteiger partial charge in [0.25, 0.3) is 0 Å². The molecule has 0 radical (unpaired) electrons. The van der Waals surface area contributed by atoms with Crippen LogP contribution in [0.25, 0.3) is 0 Å². The van der Waals surface area contributed by atoms with Crippen LogP contribution in [0.5, 0.6) is 0 Å². The highest BCUT2D eigenvalue weighted by atomic mass is 16.4. The Kier molecular flexibility index (Phi) is 1.91. The minimum absolute atomic E-state index is 0.0260. The van der Waals surface area contributed by atoms with Crippen LogP contribution < -0.4 is 5.73 Å². The molecule has 3 aliphatic carbocycles. The third-order valence-corrected chi connectivity index (χ3v) is 5.45. The van der Waals surface area contributed by atoms with E-state index < -0.39 is 5.97 Å². The highest BCUT2D eigenvalue weighted by molar-refractivity contribution is 5.68. The molecule has 3 saturated carbocycles. The lowest BCUT2D eigenvalue weighted by atomic mass is 9.45. The van der Waals surface area contributed by atoms with Gasteiger partial charge in [0.05, 0.1) is 6.42 Å². The minimum Gasteiger partial charge on any atom is -0.481 e. The standard InChI is InChI=1S/C12H19NO2/c13-6-12(5-11(14)15)9-2-1-7-3-8(9)10(12)4-7/h7-10H,1-6,13H2,(H,14,15)/t7-,8-,9+,10-,12-/m1/s1. The largest absolute Gasteiger partial charge is 0.481 e. The smallest absolute Gasteiger partial charge is 0.303 e. The van der Waals surface area contributed by atoms with Crippen LogP contribution in [-0.2, 0) is 4.79 Å². The first-order chi connectivity index (χ1) is 7.17. The van der Waals surface area contributed by atoms with Gasteiger partial charge in [0.1, 0.15) is 0 Å². The first kappa shape index (κ1) is 9.64. The molecule has 5 atom stereocenters. The number of hydrogen-bond donors (Lipinski definition) is 2. The van der Waals surface area contributed by atoms with E-state index in [-0.39, 0.29) is 5.41 Å². The number of aliphatic carboxylic acids is 1. The molecule has 15 heavy (non-hydrogen) atoms. The van der Waals surface area contributed by atoms with Gasteiger partial charge >= 0.3 is 5.97 Å². The van der Waals surface area contributed by atoms with Crippen molar-refractivity contribution in [2.24, 2.45) is 34.8 Å². The van der Waals surface area contributed by atoms with E-state index in [9.17, 15) is 4.79 Å². The van der Waals surface area contributed by atoms with Crippen LogP contribution in [0.4, 0.5) is 0 Å². The summed E-state index contributed by atoms with van der Waals surface area (Å²) in [6, 6.07) is 0. The van der Waals surface area contributed by atoms with Gasteiger partial charge in [-0.15, -0.1) is 0 Å². The lowest BCUT2D eigenvalue weighted by molar-refractivity contribution is -0.156. The molecule has 3 N–H and O–H groups in total. The highest BCUT2D eigenvalue weighted by Crippen LogP contribution is 2.70. The number of carboxylic acids is 1. The Morgan fingerprint density at radius 3 is 2.80 bits per heavy atom. The maximum atomic E-state index is 11.0. The SMILES string of the molecule is NC[C@@]1(CC(=O)O)[C@@H]2C[C@@H]3CC[C@H]1[C@H]2C3. The van der Waals surface area contributed by atoms with Crippen LogP contribution in [0.3, 0.4) is 0 Å². The number of nitrogens with two attached hydrogens (primary N) is 1. The Hall–Kier alpha value is -0.570. The van der Waals surface area contributed by atoms with Gasteiger partial charge in [0.15, 0.2) is 0 Å². The second-order valence-corrected chi connectivity index (χ2v) is 5.80. The van der Waals surface area contributed by atoms with Gasteiger partial charge in [0, 0.05) is 0 Å². The van der Waals surface area contributed by atoms with Gasteiger partial charge in [-0.1, -0.05) is 6.42 Å². The van der Waals surface area contributed by atoms with Crippen molar-refractivity contribution in [3.63, 3.8) is 0 Å². The molecule has 3 aliphatic rings. The number of carbonyl (C=O) groups is 1. The van der Waals surface area contributed by atoms with E-state index in [1.54, 1.807) is 0 Å². The van der Waals surface area contributed by atoms with Gasteiger partial charge in [-0.2, -0.15) is 0 Å². The van der Waals surface area contributed by atoms with Crippen LogP contribution in [-0.4, -0.2) is 17.6 Å². The van der Waals surface area contributed by atoms with Crippen molar-refractivity contribution in [2.75, 3.05) is 6.54 Å². The maximum absolute atomic E-state index is 11.0. The lowest BCUT2D eigenvalue weighted by Gasteiger charge is -2.59. The predicted molar refractivity (Wildman–Crippen MR) is 56.2 cm³/mol. The Morgan fingerprint density at radius 1 is 1.33 bits per heavy atom. The van der Waals surface area contributed by atoms with Gasteiger partial charge in [0.2, 0.25) is 0 Å². The lowest BCUT2D eigenvalue weighted by Crippen LogP contribution is -2.59. The van der Waals surface area contributed by atoms with E-state index in [1.165, 1.54) is 25.7 Å². The Labute approximate surface area is 90.0 Å². The summed E-state index contributed by atoms with van der Waals surface area (Å²) in [4.78, 5) is 11.0. The van der Waals surface area contributed by atoms with Gasteiger partial charge < -0.3 is 10.8 Å². The molecule has 0 aromatic heterocycles. The summed E-state index contributed by atoms with van der Waals surface area (Å²) in [6.07, 6.45) is 5.47. The van der Waals surface area contributed by atoms with E-state index in [1.807, 2.05) is 0 Å². The van der Waals surface area contributed by atoms with Gasteiger partial charge in [-0.25, -0.2) is 0 Å². The van der Waals surface area contributed by atoms with Crippen molar-refractivity contribution in [3.8, 4) is 0 Å². The van der Waals surface area contributed by atoms with Gasteiger partial charge in [-0.05, 0) is 54.9 Å². The minimum atomic E-state index is -0.658. The van der Waals surface area contributed by atoms with Crippen LogP contribution in [0.1, 0.15) is 32.1 Å². The van der Waals surface area contributed by atoms with E-state index in [0.717, 1.165) is 11.8 Å². The average molecular weight is 209 g/mol. The summed E-state index contributed by atoms with van der Waals surface area (Å²) < 4.78 is 0. The van der Waals surface area contributed by atoms with Crippen molar-refractivity contribution < 1.29 is 9.90 Å². The van der Waals surface area contributed by atoms with Crippen molar-refractivity contribution in [3.05, 3.63) is 0 Å². The fourth-order valence-electron chi connectivity index (χ4n) is 4.94. The predicted octanol–water partition coefficient (Wildman–Crippen LogP) is 1.47. The molecule has 0 aromatic rings. The van der Waals surface area contributed by atoms with Crippen LogP contribution in [0.2, 0.25) is 0 Å². The first-order valence-electron chi connectivity index (χ1n) is 6.09. The van der Waals surface area contributed by atoms with Crippen LogP contribution in [0, 0.1) is 29.1 Å². The number of fused-ring (bicyclic) bond motifs is 1. The van der Waals surface area contributed by atoms with Crippen molar-refractivity contribution in [1.29, 1.82) is 0 Å². The molecule has 0 amide bonds. The Balaban J connectivity index is 1.88. The van der Waals surface area contributed by atoms with Crippen molar-refractivity contribution in [1.82, 2.24) is 0 Å². The first-order valence-corrected chi connectivity index (χ1v) is 6.09. The molecule has 2 bridgehead atoms. The zero-order valence-corrected chi connectivity index (χ0v) is 8.98. The molecular formula is C12H19NO2. The molecule has 0 saturated heterocycles. The van der Waals surface area contributed by atoms with E-state index in [0.29, 0.717) is 24.8 Å². The van der Waals surface area contributed by atoms with E-state index >= 15 is 0 Å². The number of hydrogen-bond acceptors (Lipinski definition) is 2. The molecule has 0 heterocycles. The molecular weight excluding hydrogens is 190 g/mol. The summed E-state index contributed by atoms with van der Waals surface area (Å²) in [6.45, 7) is 0.581. The van der Waals surface area contributed by atoms with E-state index in [2.05, 4.69) is 0 Å². The molecule has 84 valence electrons. The summed E-state index contributed by atoms with van der Waals surface area (Å²) in [7, 11) is 0. The summed E-state index contributed by atoms with van der Waals surface area (Å²) >= 11 is 0. The van der Waals surface area contributed by atoms with Crippen LogP contribution >= 0.6 is 0 Å². The molecule has 3 heteroatoms. The molecule has 0 spiro atoms. The average Bonchev–Trinajstić information content (AvgIpc) is 2.40. The highest BCUT2D eigenvalue weighted by Gasteiger charge is 2.65. The summed E-state index contributed by atoms with van der Waals surface area (Å²) in [5.74, 6) is 2.32. The fourth-order valence-corrected chi connectivity index (χ4v) is 4.94. The number of rotatable bonds is 3. The zero-order valence-electron chi connectivity index (χ0n) is 8.98. The molecule has 0 aromatic carbocycles. The fraction of sp³-hybridized carbons (Fsp3) is 0.917. The molecule has 0 unspecified atom stereocenters. The Morgan fingerprint density at radius 2 is 2.13 bits per heavy atom. The second kappa shape index (κ2) is 2.97. The maximum Gasteiger partial charge on any atom is 0.303 e. The summed E-state index contributed by atoms with van der Waals surface area (Å²) in [5, 5.41) is 9.04. The van der Waals surface area contributed by atoms with E-state index in [4.69, 9.17) is 10.8 Å². The Bertz CT molecular complexity index is 296. The topological polar surface area (TPSA) is 63.3 Å². The third kappa shape index (κ3) is 1.07. The molecule has 3 rings (SSSR count). The zero-order chi connectivity index (χ0) is 10.6. The second-order valence-electron chi connectivity index (χ2n) is 5.80. The van der Waals surface area contributed by atoms with Gasteiger partial charge in [-0.3, -0.25) is 4.79 Å². The molecule has 3 fully saturated rings. The quantitative estimate of drug-likeness (QED) is 0.740. The molecule has 3 nitrogen and oxygen atoms in total. The normalized spacial score (nSPS) is 51.3. The summed E-state index contributed by atoms with van der Waals surface area (Å²) in [5.41, 5.74) is 5.87. The van der Waals surface area contributed by atoms with Crippen molar-refractivity contribution >= 4 is 5.97 Å². The molecule has 0 aliphatic heterocycles. The van der Waals surface area contributed by atoms with Crippen LogP contribution in [0.15, 0.2) is 0 Å². The number of carboxylic acid groups (broad SMARTS) is 1. The third-order valence-electron chi connectivity index (χ3n) is 5.45. The van der Waals surface area contributed by atoms with Crippen molar-refractivity contribution in [2.45, 2.75) is 32.1 Å².